The fraction of sp³-hybridized carbons (Fsp3) is 0.222. The van der Waals surface area contributed by atoms with Gasteiger partial charge in [0.05, 0.1) is 5.69 Å². The average Bonchev–Trinajstić information content (AvgIpc) is 3.38. The van der Waals surface area contributed by atoms with Crippen LogP contribution in [0.5, 0.6) is 0 Å². The molecule has 132 valence electrons. The summed E-state index contributed by atoms with van der Waals surface area (Å²) < 4.78 is 3.92. The van der Waals surface area contributed by atoms with Gasteiger partial charge in [-0.2, -0.15) is 5.10 Å². The molecule has 0 unspecified atom stereocenters. The molecule has 4 heterocycles. The molecule has 4 aromatic rings. The third-order valence-corrected chi connectivity index (χ3v) is 4.28. The van der Waals surface area contributed by atoms with Gasteiger partial charge in [0.25, 0.3) is 5.91 Å². The molecule has 0 aliphatic rings. The zero-order valence-electron chi connectivity index (χ0n) is 14.4. The summed E-state index contributed by atoms with van der Waals surface area (Å²) in [6, 6.07) is 11.5. The van der Waals surface area contributed by atoms with Gasteiger partial charge in [-0.1, -0.05) is 6.07 Å². The lowest BCUT2D eigenvalue weighted by Gasteiger charge is -2.03. The second kappa shape index (κ2) is 6.83. The Labute approximate surface area is 149 Å². The number of amides is 1. The number of H-pyrrole nitrogens is 1. The number of nitrogens with one attached hydrogen (secondary N) is 2. The van der Waals surface area contributed by atoms with Gasteiger partial charge in [0, 0.05) is 32.4 Å². The number of hydrogen-bond acceptors (Lipinski definition) is 4. The Bertz CT molecular complexity index is 1040. The van der Waals surface area contributed by atoms with Crippen molar-refractivity contribution < 1.29 is 4.79 Å². The van der Waals surface area contributed by atoms with E-state index in [1.165, 1.54) is 0 Å². The Morgan fingerprint density at radius 1 is 1.19 bits per heavy atom. The highest BCUT2D eigenvalue weighted by molar-refractivity contribution is 5.93. The van der Waals surface area contributed by atoms with Gasteiger partial charge >= 0.3 is 0 Å². The van der Waals surface area contributed by atoms with E-state index in [0.29, 0.717) is 12.2 Å². The summed E-state index contributed by atoms with van der Waals surface area (Å²) in [6.45, 7) is 0.555. The SMILES string of the molecule is Cn1cccc1-c1cc(C(=O)NCCCc2nnc3ccccn23)[nH]n1. The molecule has 4 aromatic heterocycles. The topological polar surface area (TPSA) is 92.9 Å². The molecular formula is C18H19N7O. The third-order valence-electron chi connectivity index (χ3n) is 4.28. The smallest absolute Gasteiger partial charge is 0.269 e. The van der Waals surface area contributed by atoms with Crippen LogP contribution in [0, 0.1) is 0 Å². The average molecular weight is 349 g/mol. The summed E-state index contributed by atoms with van der Waals surface area (Å²) in [6.07, 6.45) is 5.40. The van der Waals surface area contributed by atoms with Gasteiger partial charge in [0.2, 0.25) is 0 Å². The highest BCUT2D eigenvalue weighted by Crippen LogP contribution is 2.17. The molecule has 0 saturated heterocycles. The third kappa shape index (κ3) is 3.08. The molecule has 0 radical (unpaired) electrons. The van der Waals surface area contributed by atoms with E-state index in [-0.39, 0.29) is 5.91 Å². The van der Waals surface area contributed by atoms with Crippen LogP contribution in [0.4, 0.5) is 0 Å². The van der Waals surface area contributed by atoms with E-state index in [9.17, 15) is 4.79 Å². The second-order valence-corrected chi connectivity index (χ2v) is 6.08. The molecule has 4 rings (SSSR count). The molecule has 0 spiro atoms. The number of aromatic amines is 1. The highest BCUT2D eigenvalue weighted by Gasteiger charge is 2.12. The van der Waals surface area contributed by atoms with E-state index >= 15 is 0 Å². The molecule has 8 heteroatoms. The first-order valence-corrected chi connectivity index (χ1v) is 8.46. The van der Waals surface area contributed by atoms with Gasteiger partial charge < -0.3 is 9.88 Å². The highest BCUT2D eigenvalue weighted by atomic mass is 16.1. The number of aryl methyl sites for hydroxylation is 2. The predicted molar refractivity (Wildman–Crippen MR) is 96.6 cm³/mol. The van der Waals surface area contributed by atoms with E-state index < -0.39 is 0 Å². The molecular weight excluding hydrogens is 330 g/mol. The second-order valence-electron chi connectivity index (χ2n) is 6.08. The molecule has 8 nitrogen and oxygen atoms in total. The Kier molecular flexibility index (Phi) is 4.22. The summed E-state index contributed by atoms with van der Waals surface area (Å²) in [7, 11) is 1.94. The van der Waals surface area contributed by atoms with E-state index in [1.807, 2.05) is 58.7 Å². The van der Waals surface area contributed by atoms with Crippen LogP contribution in [0.2, 0.25) is 0 Å². The largest absolute Gasteiger partial charge is 0.351 e. The lowest BCUT2D eigenvalue weighted by molar-refractivity contribution is 0.0948. The molecule has 0 saturated carbocycles. The number of nitrogens with zero attached hydrogens (tertiary/aromatic N) is 5. The molecule has 0 aliphatic carbocycles. The molecule has 0 aromatic carbocycles. The maximum Gasteiger partial charge on any atom is 0.269 e. The predicted octanol–water partition coefficient (Wildman–Crippen LogP) is 1.82. The molecule has 1 amide bonds. The molecule has 0 fully saturated rings. The van der Waals surface area contributed by atoms with Gasteiger partial charge in [-0.3, -0.25) is 14.3 Å². The molecule has 0 atom stereocenters. The number of hydrogen-bond donors (Lipinski definition) is 2. The molecule has 0 aliphatic heterocycles. The van der Waals surface area contributed by atoms with Crippen LogP contribution in [0.1, 0.15) is 22.7 Å². The van der Waals surface area contributed by atoms with Crippen molar-refractivity contribution in [1.29, 1.82) is 0 Å². The van der Waals surface area contributed by atoms with Crippen molar-refractivity contribution in [2.75, 3.05) is 6.54 Å². The zero-order valence-corrected chi connectivity index (χ0v) is 14.4. The van der Waals surface area contributed by atoms with Crippen LogP contribution in [0.25, 0.3) is 17.0 Å². The summed E-state index contributed by atoms with van der Waals surface area (Å²) in [5.74, 6) is 0.728. The first kappa shape index (κ1) is 16.1. The van der Waals surface area contributed by atoms with Crippen LogP contribution >= 0.6 is 0 Å². The van der Waals surface area contributed by atoms with Gasteiger partial charge in [-0.05, 0) is 36.8 Å². The lowest BCUT2D eigenvalue weighted by Crippen LogP contribution is -2.25. The summed E-state index contributed by atoms with van der Waals surface area (Å²) >= 11 is 0. The Hall–Kier alpha value is -3.42. The van der Waals surface area contributed by atoms with Crippen molar-refractivity contribution in [3.63, 3.8) is 0 Å². The quantitative estimate of drug-likeness (QED) is 0.519. The molecule has 26 heavy (non-hydrogen) atoms. The van der Waals surface area contributed by atoms with E-state index in [2.05, 4.69) is 25.7 Å². The first-order chi connectivity index (χ1) is 12.7. The van der Waals surface area contributed by atoms with E-state index in [4.69, 9.17) is 0 Å². The van der Waals surface area contributed by atoms with Gasteiger partial charge in [0.15, 0.2) is 5.65 Å². The van der Waals surface area contributed by atoms with Crippen molar-refractivity contribution in [2.24, 2.45) is 7.05 Å². The van der Waals surface area contributed by atoms with Crippen molar-refractivity contribution in [2.45, 2.75) is 12.8 Å². The number of rotatable bonds is 6. The minimum Gasteiger partial charge on any atom is -0.351 e. The zero-order chi connectivity index (χ0) is 17.9. The Morgan fingerprint density at radius 3 is 2.96 bits per heavy atom. The van der Waals surface area contributed by atoms with Crippen molar-refractivity contribution >= 4 is 11.6 Å². The number of fused-ring (bicyclic) bond motifs is 1. The van der Waals surface area contributed by atoms with Crippen LogP contribution in [-0.4, -0.2) is 41.8 Å². The van der Waals surface area contributed by atoms with Crippen molar-refractivity contribution in [3.8, 4) is 11.4 Å². The maximum atomic E-state index is 12.3. The van der Waals surface area contributed by atoms with Crippen molar-refractivity contribution in [1.82, 2.24) is 34.7 Å². The first-order valence-electron chi connectivity index (χ1n) is 8.46. The van der Waals surface area contributed by atoms with Gasteiger partial charge in [-0.15, -0.1) is 10.2 Å². The van der Waals surface area contributed by atoms with Crippen LogP contribution in [0.3, 0.4) is 0 Å². The summed E-state index contributed by atoms with van der Waals surface area (Å²) in [4.78, 5) is 12.3. The molecule has 2 N–H and O–H groups in total. The van der Waals surface area contributed by atoms with Crippen LogP contribution in [-0.2, 0) is 13.5 Å². The molecule has 0 bridgehead atoms. The van der Waals surface area contributed by atoms with Crippen LogP contribution in [0.15, 0.2) is 48.8 Å². The minimum atomic E-state index is -0.163. The van der Waals surface area contributed by atoms with Crippen molar-refractivity contribution in [3.05, 3.63) is 60.3 Å². The summed E-state index contributed by atoms with van der Waals surface area (Å²) in [5, 5.41) is 18.2. The number of carbonyl (C=O) groups is 1. The number of aromatic nitrogens is 6. The van der Waals surface area contributed by atoms with Gasteiger partial charge in [0.1, 0.15) is 17.2 Å². The minimum absolute atomic E-state index is 0.163. The van der Waals surface area contributed by atoms with Crippen LogP contribution < -0.4 is 5.32 Å². The monoisotopic (exact) mass is 349 g/mol. The maximum absolute atomic E-state index is 12.3. The van der Waals surface area contributed by atoms with E-state index in [0.717, 1.165) is 35.7 Å². The standard InChI is InChI=1S/C18H19N7O/c1-24-10-5-6-15(24)13-12-14(21-20-13)18(26)19-9-4-8-17-23-22-16-7-2-3-11-25(16)17/h2-3,5-7,10-12H,4,8-9H2,1H3,(H,19,26)(H,20,21). The Balaban J connectivity index is 1.32. The normalized spacial score (nSPS) is 11.1. The van der Waals surface area contributed by atoms with Gasteiger partial charge in [-0.25, -0.2) is 0 Å². The number of pyridine rings is 1. The fourth-order valence-corrected chi connectivity index (χ4v) is 2.90. The lowest BCUT2D eigenvalue weighted by atomic mass is 10.2. The summed E-state index contributed by atoms with van der Waals surface area (Å²) in [5.41, 5.74) is 2.99. The fourth-order valence-electron chi connectivity index (χ4n) is 2.90. The Morgan fingerprint density at radius 2 is 2.12 bits per heavy atom. The van der Waals surface area contributed by atoms with E-state index in [1.54, 1.807) is 6.07 Å². The number of carbonyl (C=O) groups excluding carboxylic acids is 1.